The number of methoxy groups -OCH3 is 1. The van der Waals surface area contributed by atoms with Crippen molar-refractivity contribution in [1.29, 1.82) is 0 Å². The molecule has 1 aromatic carbocycles. The third-order valence-electron chi connectivity index (χ3n) is 2.77. The number of rotatable bonds is 7. The zero-order valence-electron chi connectivity index (χ0n) is 12.5. The van der Waals surface area contributed by atoms with Crippen LogP contribution in [-0.2, 0) is 4.79 Å². The summed E-state index contributed by atoms with van der Waals surface area (Å²) in [6.45, 7) is 2.78. The number of hydrogen-bond donors (Lipinski definition) is 1. The summed E-state index contributed by atoms with van der Waals surface area (Å²) in [6, 6.07) is 7.31. The van der Waals surface area contributed by atoms with E-state index in [1.54, 1.807) is 30.7 Å². The molecule has 0 unspecified atom stereocenters. The molecule has 6 heteroatoms. The van der Waals surface area contributed by atoms with Gasteiger partial charge in [0.2, 0.25) is 5.91 Å². The number of amides is 1. The van der Waals surface area contributed by atoms with Crippen molar-refractivity contribution in [3.63, 3.8) is 0 Å². The normalized spacial score (nSPS) is 10.6. The first-order valence-electron chi connectivity index (χ1n) is 6.82. The molecule has 1 heterocycles. The SMILES string of the molecule is COc1ccc(OCCNC(=O)C=Cc2cnc(C)s2)cc1. The van der Waals surface area contributed by atoms with E-state index in [-0.39, 0.29) is 5.91 Å². The Kier molecular flexibility index (Phi) is 5.97. The molecule has 2 aromatic rings. The van der Waals surface area contributed by atoms with Gasteiger partial charge in [-0.3, -0.25) is 4.79 Å². The van der Waals surface area contributed by atoms with Gasteiger partial charge >= 0.3 is 0 Å². The molecule has 2 rings (SSSR count). The van der Waals surface area contributed by atoms with Crippen molar-refractivity contribution in [3.8, 4) is 11.5 Å². The van der Waals surface area contributed by atoms with E-state index in [0.717, 1.165) is 21.4 Å². The van der Waals surface area contributed by atoms with Crippen LogP contribution in [0, 0.1) is 6.92 Å². The van der Waals surface area contributed by atoms with Gasteiger partial charge in [-0.25, -0.2) is 4.98 Å². The van der Waals surface area contributed by atoms with Crippen LogP contribution in [0.25, 0.3) is 6.08 Å². The summed E-state index contributed by atoms with van der Waals surface area (Å²) in [5.41, 5.74) is 0. The van der Waals surface area contributed by atoms with E-state index < -0.39 is 0 Å². The highest BCUT2D eigenvalue weighted by Gasteiger charge is 1.98. The molecule has 1 aromatic heterocycles. The Balaban J connectivity index is 1.67. The van der Waals surface area contributed by atoms with Gasteiger partial charge < -0.3 is 14.8 Å². The fraction of sp³-hybridized carbons (Fsp3) is 0.250. The van der Waals surface area contributed by atoms with Crippen molar-refractivity contribution in [1.82, 2.24) is 10.3 Å². The van der Waals surface area contributed by atoms with Gasteiger partial charge in [-0.1, -0.05) is 0 Å². The minimum absolute atomic E-state index is 0.149. The number of hydrogen-bond acceptors (Lipinski definition) is 5. The molecule has 22 heavy (non-hydrogen) atoms. The number of thiazole rings is 1. The summed E-state index contributed by atoms with van der Waals surface area (Å²) < 4.78 is 10.6. The predicted octanol–water partition coefficient (Wildman–Crippen LogP) is 2.67. The summed E-state index contributed by atoms with van der Waals surface area (Å²) in [7, 11) is 1.62. The van der Waals surface area contributed by atoms with Crippen LogP contribution in [0.15, 0.2) is 36.5 Å². The molecule has 0 saturated heterocycles. The lowest BCUT2D eigenvalue weighted by Gasteiger charge is -2.07. The van der Waals surface area contributed by atoms with Gasteiger partial charge in [-0.2, -0.15) is 0 Å². The second kappa shape index (κ2) is 8.19. The number of aryl methyl sites for hydroxylation is 1. The van der Waals surface area contributed by atoms with Crippen LogP contribution in [0.2, 0.25) is 0 Å². The highest BCUT2D eigenvalue weighted by molar-refractivity contribution is 7.12. The molecule has 0 saturated carbocycles. The van der Waals surface area contributed by atoms with E-state index in [1.807, 2.05) is 31.2 Å². The molecule has 0 aliphatic rings. The molecule has 1 amide bonds. The summed E-state index contributed by atoms with van der Waals surface area (Å²) in [5, 5.41) is 3.74. The molecular formula is C16H18N2O3S. The third kappa shape index (κ3) is 5.21. The monoisotopic (exact) mass is 318 g/mol. The van der Waals surface area contributed by atoms with Gasteiger partial charge in [-0.15, -0.1) is 11.3 Å². The molecular weight excluding hydrogens is 300 g/mol. The number of nitrogens with one attached hydrogen (secondary N) is 1. The van der Waals surface area contributed by atoms with Crippen LogP contribution in [0.1, 0.15) is 9.88 Å². The molecule has 0 fully saturated rings. The summed E-state index contributed by atoms with van der Waals surface area (Å²) >= 11 is 1.55. The van der Waals surface area contributed by atoms with Gasteiger partial charge in [0.1, 0.15) is 18.1 Å². The molecule has 0 spiro atoms. The Morgan fingerprint density at radius 2 is 2.05 bits per heavy atom. The molecule has 0 bridgehead atoms. The summed E-state index contributed by atoms with van der Waals surface area (Å²) in [4.78, 5) is 16.7. The Morgan fingerprint density at radius 3 is 2.68 bits per heavy atom. The van der Waals surface area contributed by atoms with Crippen molar-refractivity contribution in [2.75, 3.05) is 20.3 Å². The van der Waals surface area contributed by atoms with Crippen molar-refractivity contribution in [2.45, 2.75) is 6.92 Å². The fourth-order valence-electron chi connectivity index (χ4n) is 1.69. The minimum Gasteiger partial charge on any atom is -0.497 e. The zero-order chi connectivity index (χ0) is 15.8. The second-order valence-electron chi connectivity index (χ2n) is 4.43. The van der Waals surface area contributed by atoms with Gasteiger partial charge in [0.25, 0.3) is 0 Å². The number of carbonyl (C=O) groups excluding carboxylic acids is 1. The summed E-state index contributed by atoms with van der Waals surface area (Å²) in [5.74, 6) is 1.37. The van der Waals surface area contributed by atoms with Crippen LogP contribution in [0.5, 0.6) is 11.5 Å². The van der Waals surface area contributed by atoms with Crippen LogP contribution in [-0.4, -0.2) is 31.2 Å². The van der Waals surface area contributed by atoms with E-state index in [4.69, 9.17) is 9.47 Å². The lowest BCUT2D eigenvalue weighted by atomic mass is 10.3. The fourth-order valence-corrected chi connectivity index (χ4v) is 2.37. The lowest BCUT2D eigenvalue weighted by Crippen LogP contribution is -2.26. The molecule has 0 atom stereocenters. The van der Waals surface area contributed by atoms with Gasteiger partial charge in [-0.05, 0) is 37.3 Å². The maximum absolute atomic E-state index is 11.6. The lowest BCUT2D eigenvalue weighted by molar-refractivity contribution is -0.116. The minimum atomic E-state index is -0.149. The highest BCUT2D eigenvalue weighted by atomic mass is 32.1. The predicted molar refractivity (Wildman–Crippen MR) is 87.4 cm³/mol. The van der Waals surface area contributed by atoms with Gasteiger partial charge in [0, 0.05) is 17.2 Å². The second-order valence-corrected chi connectivity index (χ2v) is 5.70. The van der Waals surface area contributed by atoms with Crippen molar-refractivity contribution >= 4 is 23.3 Å². The van der Waals surface area contributed by atoms with E-state index in [1.165, 1.54) is 6.08 Å². The number of ether oxygens (including phenoxy) is 2. The largest absolute Gasteiger partial charge is 0.497 e. The molecule has 5 nitrogen and oxygen atoms in total. The summed E-state index contributed by atoms with van der Waals surface area (Å²) in [6.07, 6.45) is 5.00. The van der Waals surface area contributed by atoms with Crippen LogP contribution in [0.3, 0.4) is 0 Å². The molecule has 0 radical (unpaired) electrons. The van der Waals surface area contributed by atoms with Crippen LogP contribution >= 0.6 is 11.3 Å². The van der Waals surface area contributed by atoms with E-state index in [9.17, 15) is 4.79 Å². The Labute approximate surface area is 133 Å². The van der Waals surface area contributed by atoms with E-state index in [0.29, 0.717) is 13.2 Å². The maximum Gasteiger partial charge on any atom is 0.244 e. The number of carbonyl (C=O) groups is 1. The average molecular weight is 318 g/mol. The Morgan fingerprint density at radius 1 is 1.32 bits per heavy atom. The topological polar surface area (TPSA) is 60.5 Å². The Bertz CT molecular complexity index is 635. The van der Waals surface area contributed by atoms with Crippen molar-refractivity contribution in [3.05, 3.63) is 46.4 Å². The van der Waals surface area contributed by atoms with Crippen LogP contribution in [0.4, 0.5) is 0 Å². The standard InChI is InChI=1S/C16H18N2O3S/c1-12-18-11-15(22-12)7-8-16(19)17-9-10-21-14-5-3-13(20-2)4-6-14/h3-8,11H,9-10H2,1-2H3,(H,17,19). The first kappa shape index (κ1) is 16.0. The van der Waals surface area contributed by atoms with E-state index in [2.05, 4.69) is 10.3 Å². The Hall–Kier alpha value is -2.34. The third-order valence-corrected chi connectivity index (χ3v) is 3.65. The number of nitrogens with zero attached hydrogens (tertiary/aromatic N) is 1. The molecule has 1 N–H and O–H groups in total. The first-order valence-corrected chi connectivity index (χ1v) is 7.64. The van der Waals surface area contributed by atoms with Crippen molar-refractivity contribution < 1.29 is 14.3 Å². The average Bonchev–Trinajstić information content (AvgIpc) is 2.96. The zero-order valence-corrected chi connectivity index (χ0v) is 13.4. The number of benzene rings is 1. The van der Waals surface area contributed by atoms with Crippen molar-refractivity contribution in [2.24, 2.45) is 0 Å². The molecule has 0 aliphatic heterocycles. The molecule has 0 aliphatic carbocycles. The highest BCUT2D eigenvalue weighted by Crippen LogP contribution is 2.16. The maximum atomic E-state index is 11.6. The van der Waals surface area contributed by atoms with Crippen LogP contribution < -0.4 is 14.8 Å². The van der Waals surface area contributed by atoms with Gasteiger partial charge in [0.15, 0.2) is 0 Å². The van der Waals surface area contributed by atoms with E-state index >= 15 is 0 Å². The smallest absolute Gasteiger partial charge is 0.244 e. The van der Waals surface area contributed by atoms with Gasteiger partial charge in [0.05, 0.1) is 18.7 Å². The number of aromatic nitrogens is 1. The molecule has 116 valence electrons. The first-order chi connectivity index (χ1) is 10.7. The quantitative estimate of drug-likeness (QED) is 0.630.